The number of nitrogens with zero attached hydrogens (tertiary/aromatic N) is 1. The Morgan fingerprint density at radius 3 is 1.55 bits per heavy atom. The van der Waals surface area contributed by atoms with E-state index in [0.717, 1.165) is 5.56 Å². The van der Waals surface area contributed by atoms with Crippen LogP contribution in [-0.4, -0.2) is 75.7 Å². The van der Waals surface area contributed by atoms with Crippen molar-refractivity contribution in [1.29, 1.82) is 0 Å². The third kappa shape index (κ3) is 12.4. The van der Waals surface area contributed by atoms with Crippen LogP contribution in [0.3, 0.4) is 0 Å². The molecule has 0 heterocycles. The van der Waals surface area contributed by atoms with E-state index in [1.54, 1.807) is 24.3 Å². The van der Waals surface area contributed by atoms with Gasteiger partial charge in [-0.3, -0.25) is 19.4 Å². The van der Waals surface area contributed by atoms with Crippen molar-refractivity contribution >= 4 is 29.7 Å². The molecule has 0 saturated heterocycles. The van der Waals surface area contributed by atoms with Crippen molar-refractivity contribution in [3.63, 3.8) is 0 Å². The van der Waals surface area contributed by atoms with Gasteiger partial charge in [0.2, 0.25) is 17.7 Å². The molecule has 0 radical (unpaired) electrons. The molecule has 14 nitrogen and oxygen atoms in total. The SMILES string of the molecule is NC(N)=NCCCC(NC(=O)C(Cc1ccc(O)cc1)NC(=O)C(Cc1ccc(O)cc1)NC(=O)C(N)Cc1ccccc1)C(=O)O. The molecule has 12 N–H and O–H groups in total. The second-order valence-corrected chi connectivity index (χ2v) is 11.0. The Balaban J connectivity index is 1.83. The van der Waals surface area contributed by atoms with Crippen molar-refractivity contribution < 1.29 is 34.5 Å². The largest absolute Gasteiger partial charge is 0.508 e. The lowest BCUT2D eigenvalue weighted by atomic mass is 10.0. The number of carboxylic acids is 1. The Hall–Kier alpha value is -5.63. The van der Waals surface area contributed by atoms with Gasteiger partial charge in [0, 0.05) is 19.4 Å². The van der Waals surface area contributed by atoms with Crippen molar-refractivity contribution in [3.05, 3.63) is 95.6 Å². The normalized spacial score (nSPS) is 13.3. The molecular weight excluding hydrogens is 606 g/mol. The molecule has 250 valence electrons. The first-order valence-electron chi connectivity index (χ1n) is 15.0. The summed E-state index contributed by atoms with van der Waals surface area (Å²) >= 11 is 0. The van der Waals surface area contributed by atoms with E-state index in [1.165, 1.54) is 24.3 Å². The summed E-state index contributed by atoms with van der Waals surface area (Å²) in [4.78, 5) is 56.3. The van der Waals surface area contributed by atoms with E-state index in [9.17, 15) is 34.5 Å². The van der Waals surface area contributed by atoms with Gasteiger partial charge in [-0.2, -0.15) is 0 Å². The van der Waals surface area contributed by atoms with Gasteiger partial charge >= 0.3 is 5.97 Å². The van der Waals surface area contributed by atoms with Crippen LogP contribution >= 0.6 is 0 Å². The molecule has 0 saturated carbocycles. The maximum atomic E-state index is 13.8. The fourth-order valence-electron chi connectivity index (χ4n) is 4.70. The summed E-state index contributed by atoms with van der Waals surface area (Å²) in [7, 11) is 0. The maximum absolute atomic E-state index is 13.8. The highest BCUT2D eigenvalue weighted by Gasteiger charge is 2.31. The third-order valence-electron chi connectivity index (χ3n) is 7.21. The Kier molecular flexibility index (Phi) is 13.5. The van der Waals surface area contributed by atoms with Crippen LogP contribution in [0.2, 0.25) is 0 Å². The highest BCUT2D eigenvalue weighted by Crippen LogP contribution is 2.14. The second kappa shape index (κ2) is 17.8. The van der Waals surface area contributed by atoms with E-state index < -0.39 is 47.9 Å². The van der Waals surface area contributed by atoms with Crippen molar-refractivity contribution in [3.8, 4) is 11.5 Å². The van der Waals surface area contributed by atoms with Gasteiger partial charge in [-0.1, -0.05) is 54.6 Å². The van der Waals surface area contributed by atoms with Crippen LogP contribution in [0.25, 0.3) is 0 Å². The molecule has 3 amide bonds. The van der Waals surface area contributed by atoms with Gasteiger partial charge < -0.3 is 48.5 Å². The van der Waals surface area contributed by atoms with Crippen LogP contribution < -0.4 is 33.2 Å². The molecule has 0 spiro atoms. The van der Waals surface area contributed by atoms with E-state index in [-0.39, 0.29) is 56.1 Å². The van der Waals surface area contributed by atoms with Gasteiger partial charge in [0.15, 0.2) is 5.96 Å². The molecule has 0 aliphatic heterocycles. The van der Waals surface area contributed by atoms with Crippen molar-refractivity contribution in [2.75, 3.05) is 6.54 Å². The van der Waals surface area contributed by atoms with Gasteiger partial charge in [-0.15, -0.1) is 0 Å². The number of amides is 3. The minimum Gasteiger partial charge on any atom is -0.508 e. The monoisotopic (exact) mass is 647 g/mol. The van der Waals surface area contributed by atoms with E-state index in [0.29, 0.717) is 11.1 Å². The summed E-state index contributed by atoms with van der Waals surface area (Å²) in [5.74, 6) is -3.53. The fourth-order valence-corrected chi connectivity index (χ4v) is 4.70. The zero-order valence-corrected chi connectivity index (χ0v) is 25.7. The molecule has 0 bridgehead atoms. The Labute approximate surface area is 272 Å². The molecule has 3 aromatic carbocycles. The van der Waals surface area contributed by atoms with Crippen LogP contribution in [0.4, 0.5) is 0 Å². The number of hydrogen-bond donors (Lipinski definition) is 9. The van der Waals surface area contributed by atoms with Gasteiger partial charge in [0.1, 0.15) is 29.6 Å². The first kappa shape index (κ1) is 35.8. The van der Waals surface area contributed by atoms with E-state index in [2.05, 4.69) is 20.9 Å². The number of carbonyl (C=O) groups excluding carboxylic acids is 3. The number of aromatic hydroxyl groups is 2. The molecule has 0 fully saturated rings. The molecular formula is C33H41N7O7. The molecule has 0 aromatic heterocycles. The number of benzene rings is 3. The Morgan fingerprint density at radius 2 is 1.09 bits per heavy atom. The third-order valence-corrected chi connectivity index (χ3v) is 7.21. The number of carboxylic acid groups (broad SMARTS) is 1. The van der Waals surface area contributed by atoms with Crippen LogP contribution in [0.15, 0.2) is 83.9 Å². The van der Waals surface area contributed by atoms with Crippen LogP contribution in [0.5, 0.6) is 11.5 Å². The Morgan fingerprint density at radius 1 is 0.638 bits per heavy atom. The minimum atomic E-state index is -1.31. The number of aliphatic imine (C=N–C) groups is 1. The molecule has 47 heavy (non-hydrogen) atoms. The molecule has 0 aliphatic rings. The maximum Gasteiger partial charge on any atom is 0.326 e. The summed E-state index contributed by atoms with van der Waals surface area (Å²) < 4.78 is 0. The minimum absolute atomic E-state index is 0.00554. The van der Waals surface area contributed by atoms with E-state index in [4.69, 9.17) is 17.2 Å². The number of rotatable bonds is 17. The molecule has 3 aromatic rings. The Bertz CT molecular complexity index is 1510. The average Bonchev–Trinajstić information content (AvgIpc) is 3.03. The number of nitrogens with two attached hydrogens (primary N) is 3. The first-order valence-corrected chi connectivity index (χ1v) is 15.0. The number of phenolic OH excluding ortho intramolecular Hbond substituents is 2. The fraction of sp³-hybridized carbons (Fsp3) is 0.303. The predicted octanol–water partition coefficient (Wildman–Crippen LogP) is 0.0456. The van der Waals surface area contributed by atoms with Gasteiger partial charge in [0.05, 0.1) is 6.04 Å². The molecule has 4 atom stereocenters. The van der Waals surface area contributed by atoms with Crippen molar-refractivity contribution in [2.24, 2.45) is 22.2 Å². The first-order chi connectivity index (χ1) is 22.4. The summed E-state index contributed by atoms with van der Waals surface area (Å²) in [5, 5.41) is 37.0. The van der Waals surface area contributed by atoms with Gasteiger partial charge in [0.25, 0.3) is 0 Å². The summed E-state index contributed by atoms with van der Waals surface area (Å²) in [6.45, 7) is 0.153. The average molecular weight is 648 g/mol. The van der Waals surface area contributed by atoms with Gasteiger partial charge in [-0.05, 0) is 60.2 Å². The predicted molar refractivity (Wildman–Crippen MR) is 175 cm³/mol. The number of aliphatic carboxylic acids is 1. The lowest BCUT2D eigenvalue weighted by Crippen LogP contribution is -2.58. The van der Waals surface area contributed by atoms with Crippen LogP contribution in [0.1, 0.15) is 29.5 Å². The smallest absolute Gasteiger partial charge is 0.326 e. The van der Waals surface area contributed by atoms with Crippen LogP contribution in [0, 0.1) is 0 Å². The number of phenols is 2. The van der Waals surface area contributed by atoms with E-state index in [1.807, 2.05) is 30.3 Å². The van der Waals surface area contributed by atoms with Crippen molar-refractivity contribution in [1.82, 2.24) is 16.0 Å². The molecule has 3 rings (SSSR count). The van der Waals surface area contributed by atoms with Crippen LogP contribution in [-0.2, 0) is 38.4 Å². The number of hydrogen-bond acceptors (Lipinski definition) is 8. The molecule has 4 unspecified atom stereocenters. The molecule has 14 heteroatoms. The molecule has 0 aliphatic carbocycles. The topological polar surface area (TPSA) is 255 Å². The van der Waals surface area contributed by atoms with Gasteiger partial charge in [-0.25, -0.2) is 4.79 Å². The second-order valence-electron chi connectivity index (χ2n) is 11.0. The highest BCUT2D eigenvalue weighted by atomic mass is 16.4. The lowest BCUT2D eigenvalue weighted by Gasteiger charge is -2.25. The van der Waals surface area contributed by atoms with Crippen molar-refractivity contribution in [2.45, 2.75) is 56.3 Å². The summed E-state index contributed by atoms with van der Waals surface area (Å²) in [5.41, 5.74) is 18.8. The summed E-state index contributed by atoms with van der Waals surface area (Å²) in [6.07, 6.45) is 0.411. The number of carbonyl (C=O) groups is 4. The number of guanidine groups is 1. The lowest BCUT2D eigenvalue weighted by molar-refractivity contribution is -0.142. The zero-order chi connectivity index (χ0) is 34.3. The standard InChI is InChI=1S/C33H41N7O7/c34-25(17-20-5-2-1-3-6-20)29(43)39-27(18-21-8-12-23(41)13-9-21)31(45)40-28(19-22-10-14-24(42)15-11-22)30(44)38-26(32(46)47)7-4-16-37-33(35)36/h1-3,5-6,8-15,25-28,41-42H,4,7,16-19,34H2,(H,38,44)(H,39,43)(H,40,45)(H,46,47)(H4,35,36,37). The highest BCUT2D eigenvalue weighted by molar-refractivity contribution is 5.94. The number of nitrogens with one attached hydrogen (secondary N) is 3. The zero-order valence-electron chi connectivity index (χ0n) is 25.7. The quantitative estimate of drug-likeness (QED) is 0.0540. The summed E-state index contributed by atoms with van der Waals surface area (Å²) in [6, 6.07) is 16.4. The van der Waals surface area contributed by atoms with E-state index >= 15 is 0 Å².